The second-order valence-corrected chi connectivity index (χ2v) is 5.12. The molecule has 0 saturated heterocycles. The van der Waals surface area contributed by atoms with Gasteiger partial charge in [-0.25, -0.2) is 0 Å². The summed E-state index contributed by atoms with van der Waals surface area (Å²) in [4.78, 5) is 0. The fraction of sp³-hybridized carbons (Fsp3) is 0.500. The van der Waals surface area contributed by atoms with E-state index in [2.05, 4.69) is 57.8 Å². The highest BCUT2D eigenvalue weighted by atomic mass is 14.9. The zero-order valence-electron chi connectivity index (χ0n) is 11.6. The van der Waals surface area contributed by atoms with E-state index in [9.17, 15) is 0 Å². The standard InChI is InChI=1S/C11H13N.C5H12/c1-8-3-4-11-9(2)12-6-5-10(11)7-8;1-4-5(2)3/h3-4,7,12H,2,5-6H2,1H3;5H,4H2,1-3H3. The zero-order chi connectivity index (χ0) is 12.8. The van der Waals surface area contributed by atoms with Crippen molar-refractivity contribution in [1.82, 2.24) is 5.32 Å². The molecular weight excluding hydrogens is 206 g/mol. The van der Waals surface area contributed by atoms with Crippen LogP contribution in [0.25, 0.3) is 5.70 Å². The maximum absolute atomic E-state index is 3.97. The molecule has 1 nitrogen and oxygen atoms in total. The summed E-state index contributed by atoms with van der Waals surface area (Å²) in [7, 11) is 0. The van der Waals surface area contributed by atoms with Crippen molar-refractivity contribution in [3.05, 3.63) is 41.5 Å². The largest absolute Gasteiger partial charge is 0.385 e. The summed E-state index contributed by atoms with van der Waals surface area (Å²) in [5.41, 5.74) is 5.12. The molecule has 1 heterocycles. The van der Waals surface area contributed by atoms with E-state index in [4.69, 9.17) is 0 Å². The first-order chi connectivity index (χ1) is 8.04. The van der Waals surface area contributed by atoms with Crippen molar-refractivity contribution in [3.8, 4) is 0 Å². The van der Waals surface area contributed by atoms with Crippen molar-refractivity contribution in [2.75, 3.05) is 6.54 Å². The lowest BCUT2D eigenvalue weighted by Gasteiger charge is -2.20. The molecule has 0 radical (unpaired) electrons. The Bertz CT molecular complexity index is 377. The van der Waals surface area contributed by atoms with Gasteiger partial charge in [0.15, 0.2) is 0 Å². The molecule has 0 aliphatic carbocycles. The van der Waals surface area contributed by atoms with Crippen molar-refractivity contribution >= 4 is 5.70 Å². The van der Waals surface area contributed by atoms with Crippen LogP contribution in [0.3, 0.4) is 0 Å². The second-order valence-electron chi connectivity index (χ2n) is 5.12. The molecule has 1 aromatic carbocycles. The van der Waals surface area contributed by atoms with Gasteiger partial charge in [0.2, 0.25) is 0 Å². The van der Waals surface area contributed by atoms with E-state index in [-0.39, 0.29) is 0 Å². The SMILES string of the molecule is C=C1NCCc2cc(C)ccc21.CCC(C)C. The third kappa shape index (κ3) is 4.26. The Morgan fingerprint density at radius 1 is 1.35 bits per heavy atom. The first-order valence-electron chi connectivity index (χ1n) is 6.57. The van der Waals surface area contributed by atoms with Gasteiger partial charge in [0.1, 0.15) is 0 Å². The monoisotopic (exact) mass is 231 g/mol. The van der Waals surface area contributed by atoms with Crippen molar-refractivity contribution in [2.24, 2.45) is 5.92 Å². The number of nitrogens with one attached hydrogen (secondary N) is 1. The molecule has 0 unspecified atom stereocenters. The molecule has 0 aromatic heterocycles. The minimum atomic E-state index is 0.884. The van der Waals surface area contributed by atoms with Crippen LogP contribution in [0.15, 0.2) is 24.8 Å². The van der Waals surface area contributed by atoms with Crippen molar-refractivity contribution in [2.45, 2.75) is 40.5 Å². The summed E-state index contributed by atoms with van der Waals surface area (Å²) in [5.74, 6) is 0.884. The van der Waals surface area contributed by atoms with Crippen LogP contribution in [0.2, 0.25) is 0 Å². The Morgan fingerprint density at radius 2 is 2.00 bits per heavy atom. The minimum Gasteiger partial charge on any atom is -0.385 e. The fourth-order valence-electron chi connectivity index (χ4n) is 1.67. The average Bonchev–Trinajstić information content (AvgIpc) is 2.29. The Balaban J connectivity index is 0.000000249. The van der Waals surface area contributed by atoms with Crippen LogP contribution < -0.4 is 5.32 Å². The summed E-state index contributed by atoms with van der Waals surface area (Å²) < 4.78 is 0. The lowest BCUT2D eigenvalue weighted by molar-refractivity contribution is 0.626. The van der Waals surface area contributed by atoms with Gasteiger partial charge in [0, 0.05) is 17.8 Å². The van der Waals surface area contributed by atoms with Crippen LogP contribution in [0.1, 0.15) is 43.9 Å². The molecule has 1 N–H and O–H groups in total. The Hall–Kier alpha value is -1.24. The van der Waals surface area contributed by atoms with E-state index >= 15 is 0 Å². The number of fused-ring (bicyclic) bond motifs is 1. The van der Waals surface area contributed by atoms with Gasteiger partial charge < -0.3 is 5.32 Å². The highest BCUT2D eigenvalue weighted by Crippen LogP contribution is 2.21. The Morgan fingerprint density at radius 3 is 2.59 bits per heavy atom. The topological polar surface area (TPSA) is 12.0 Å². The van der Waals surface area contributed by atoms with Gasteiger partial charge in [0.25, 0.3) is 0 Å². The van der Waals surface area contributed by atoms with Gasteiger partial charge in [-0.2, -0.15) is 0 Å². The molecule has 1 aliphatic heterocycles. The second kappa shape index (κ2) is 6.48. The number of benzene rings is 1. The predicted molar refractivity (Wildman–Crippen MR) is 77.0 cm³/mol. The molecule has 1 heteroatoms. The number of aryl methyl sites for hydroxylation is 1. The molecular formula is C16H25N. The summed E-state index contributed by atoms with van der Waals surface area (Å²) in [5, 5.41) is 3.26. The van der Waals surface area contributed by atoms with Crippen molar-refractivity contribution in [3.63, 3.8) is 0 Å². The average molecular weight is 231 g/mol. The lowest BCUT2D eigenvalue weighted by atomic mass is 9.97. The molecule has 1 aromatic rings. The molecule has 0 fully saturated rings. The number of rotatable bonds is 1. The molecule has 0 atom stereocenters. The lowest BCUT2D eigenvalue weighted by Crippen LogP contribution is -2.21. The van der Waals surface area contributed by atoms with Gasteiger partial charge in [-0.05, 0) is 24.8 Å². The van der Waals surface area contributed by atoms with E-state index in [0.29, 0.717) is 0 Å². The molecule has 2 rings (SSSR count). The first kappa shape index (κ1) is 13.8. The predicted octanol–water partition coefficient (Wildman–Crippen LogP) is 4.16. The van der Waals surface area contributed by atoms with E-state index in [0.717, 1.165) is 24.6 Å². The zero-order valence-corrected chi connectivity index (χ0v) is 11.6. The van der Waals surface area contributed by atoms with Gasteiger partial charge in [-0.3, -0.25) is 0 Å². The molecule has 94 valence electrons. The molecule has 0 amide bonds. The summed E-state index contributed by atoms with van der Waals surface area (Å²) in [6.45, 7) is 13.8. The Labute approximate surface area is 106 Å². The van der Waals surface area contributed by atoms with Gasteiger partial charge in [-0.15, -0.1) is 0 Å². The Kier molecular flexibility index (Phi) is 5.27. The third-order valence-corrected chi connectivity index (χ3v) is 3.14. The maximum Gasteiger partial charge on any atom is 0.0343 e. The van der Waals surface area contributed by atoms with Crippen LogP contribution in [0.4, 0.5) is 0 Å². The first-order valence-corrected chi connectivity index (χ1v) is 6.57. The van der Waals surface area contributed by atoms with E-state index in [1.165, 1.54) is 23.1 Å². The van der Waals surface area contributed by atoms with Crippen LogP contribution >= 0.6 is 0 Å². The van der Waals surface area contributed by atoms with Gasteiger partial charge in [0.05, 0.1) is 0 Å². The van der Waals surface area contributed by atoms with Crippen LogP contribution in [-0.2, 0) is 6.42 Å². The highest BCUT2D eigenvalue weighted by molar-refractivity contribution is 5.66. The molecule has 17 heavy (non-hydrogen) atoms. The normalized spacial score (nSPS) is 13.6. The van der Waals surface area contributed by atoms with Crippen LogP contribution in [0, 0.1) is 12.8 Å². The number of hydrogen-bond donors (Lipinski definition) is 1. The maximum atomic E-state index is 3.97. The summed E-state index contributed by atoms with van der Waals surface area (Å²) in [6, 6.07) is 6.54. The third-order valence-electron chi connectivity index (χ3n) is 3.14. The highest BCUT2D eigenvalue weighted by Gasteiger charge is 2.10. The smallest absolute Gasteiger partial charge is 0.0343 e. The van der Waals surface area contributed by atoms with E-state index in [1.54, 1.807) is 0 Å². The summed E-state index contributed by atoms with van der Waals surface area (Å²) >= 11 is 0. The summed E-state index contributed by atoms with van der Waals surface area (Å²) in [6.07, 6.45) is 2.43. The fourth-order valence-corrected chi connectivity index (χ4v) is 1.67. The van der Waals surface area contributed by atoms with Crippen LogP contribution in [-0.4, -0.2) is 6.54 Å². The van der Waals surface area contributed by atoms with Gasteiger partial charge in [-0.1, -0.05) is 57.5 Å². The quantitative estimate of drug-likeness (QED) is 0.765. The molecule has 0 saturated carbocycles. The van der Waals surface area contributed by atoms with Crippen LogP contribution in [0.5, 0.6) is 0 Å². The molecule has 0 bridgehead atoms. The van der Waals surface area contributed by atoms with E-state index < -0.39 is 0 Å². The van der Waals surface area contributed by atoms with Crippen molar-refractivity contribution in [1.29, 1.82) is 0 Å². The van der Waals surface area contributed by atoms with Gasteiger partial charge >= 0.3 is 0 Å². The van der Waals surface area contributed by atoms with E-state index in [1.807, 2.05) is 0 Å². The van der Waals surface area contributed by atoms with Crippen molar-refractivity contribution < 1.29 is 0 Å². The number of hydrogen-bond acceptors (Lipinski definition) is 1. The molecule has 0 spiro atoms. The molecule has 1 aliphatic rings. The minimum absolute atomic E-state index is 0.884.